The average Bonchev–Trinajstić information content (AvgIpc) is 2.71. The third-order valence-corrected chi connectivity index (χ3v) is 3.09. The van der Waals surface area contributed by atoms with E-state index in [2.05, 4.69) is 0 Å². The van der Waals surface area contributed by atoms with Crippen LogP contribution >= 0.6 is 11.6 Å². The Balaban J connectivity index is 2.54. The standard InChI is InChI=1S/C12H9ClN2O4/c1-14-10(4-5-11(14)12(16)17)8-3-2-7(15(18)19)6-9(8)13/h2-6H,1H3,(H,16,17). The van der Waals surface area contributed by atoms with Crippen molar-refractivity contribution in [1.29, 1.82) is 0 Å². The second-order valence-electron chi connectivity index (χ2n) is 3.89. The molecule has 1 aromatic carbocycles. The fourth-order valence-electron chi connectivity index (χ4n) is 1.82. The summed E-state index contributed by atoms with van der Waals surface area (Å²) in [5.74, 6) is -1.05. The van der Waals surface area contributed by atoms with E-state index in [4.69, 9.17) is 16.7 Å². The lowest BCUT2D eigenvalue weighted by Crippen LogP contribution is -2.05. The van der Waals surface area contributed by atoms with Crippen LogP contribution in [-0.4, -0.2) is 20.6 Å². The Morgan fingerprint density at radius 1 is 1.37 bits per heavy atom. The number of nitro benzene ring substituents is 1. The number of halogens is 1. The molecule has 0 saturated heterocycles. The molecule has 0 amide bonds. The van der Waals surface area contributed by atoms with E-state index in [1.165, 1.54) is 28.8 Å². The van der Waals surface area contributed by atoms with E-state index in [0.717, 1.165) is 0 Å². The molecule has 1 heterocycles. The molecular formula is C12H9ClN2O4. The van der Waals surface area contributed by atoms with Crippen LogP contribution in [0.3, 0.4) is 0 Å². The quantitative estimate of drug-likeness (QED) is 0.692. The molecule has 0 radical (unpaired) electrons. The van der Waals surface area contributed by atoms with Gasteiger partial charge in [-0.05, 0) is 18.2 Å². The summed E-state index contributed by atoms with van der Waals surface area (Å²) in [6.07, 6.45) is 0. The topological polar surface area (TPSA) is 85.4 Å². The molecule has 1 aromatic heterocycles. The number of carbonyl (C=O) groups is 1. The van der Waals surface area contributed by atoms with Gasteiger partial charge in [-0.15, -0.1) is 0 Å². The van der Waals surface area contributed by atoms with Crippen LogP contribution in [0.15, 0.2) is 30.3 Å². The van der Waals surface area contributed by atoms with Crippen LogP contribution in [0.2, 0.25) is 5.02 Å². The van der Waals surface area contributed by atoms with Gasteiger partial charge in [0.1, 0.15) is 5.69 Å². The molecular weight excluding hydrogens is 272 g/mol. The molecule has 0 aliphatic rings. The molecule has 2 aromatic rings. The van der Waals surface area contributed by atoms with Crippen molar-refractivity contribution in [2.24, 2.45) is 7.05 Å². The molecule has 0 spiro atoms. The minimum absolute atomic E-state index is 0.110. The molecule has 1 N–H and O–H groups in total. The highest BCUT2D eigenvalue weighted by atomic mass is 35.5. The number of aromatic nitrogens is 1. The SMILES string of the molecule is Cn1c(C(=O)O)ccc1-c1ccc([N+](=O)[O-])cc1Cl. The predicted octanol–water partition coefficient (Wildman–Crippen LogP) is 2.95. The Bertz CT molecular complexity index is 678. The van der Waals surface area contributed by atoms with E-state index in [1.807, 2.05) is 0 Å². The summed E-state index contributed by atoms with van der Waals surface area (Å²) < 4.78 is 1.47. The maximum absolute atomic E-state index is 11.0. The minimum Gasteiger partial charge on any atom is -0.477 e. The van der Waals surface area contributed by atoms with Gasteiger partial charge < -0.3 is 9.67 Å². The van der Waals surface area contributed by atoms with Gasteiger partial charge in [0, 0.05) is 30.4 Å². The van der Waals surface area contributed by atoms with Crippen LogP contribution < -0.4 is 0 Å². The molecule has 0 bridgehead atoms. The van der Waals surface area contributed by atoms with Crippen molar-refractivity contribution >= 4 is 23.3 Å². The van der Waals surface area contributed by atoms with E-state index in [0.29, 0.717) is 11.3 Å². The smallest absolute Gasteiger partial charge is 0.352 e. The van der Waals surface area contributed by atoms with Crippen LogP contribution in [0.5, 0.6) is 0 Å². The summed E-state index contributed by atoms with van der Waals surface area (Å²) in [5.41, 5.74) is 1.13. The van der Waals surface area contributed by atoms with Gasteiger partial charge in [0.15, 0.2) is 0 Å². The van der Waals surface area contributed by atoms with E-state index < -0.39 is 10.9 Å². The molecule has 19 heavy (non-hydrogen) atoms. The van der Waals surface area contributed by atoms with Gasteiger partial charge in [0.05, 0.1) is 9.95 Å². The lowest BCUT2D eigenvalue weighted by Gasteiger charge is -2.07. The predicted molar refractivity (Wildman–Crippen MR) is 69.5 cm³/mol. The Kier molecular flexibility index (Phi) is 3.26. The third kappa shape index (κ3) is 2.30. The monoisotopic (exact) mass is 280 g/mol. The number of rotatable bonds is 3. The zero-order valence-corrected chi connectivity index (χ0v) is 10.6. The average molecular weight is 281 g/mol. The van der Waals surface area contributed by atoms with Crippen LogP contribution in [0.4, 0.5) is 5.69 Å². The highest BCUT2D eigenvalue weighted by molar-refractivity contribution is 6.33. The van der Waals surface area contributed by atoms with E-state index in [9.17, 15) is 14.9 Å². The van der Waals surface area contributed by atoms with Gasteiger partial charge >= 0.3 is 5.97 Å². The number of nitro groups is 1. The lowest BCUT2D eigenvalue weighted by molar-refractivity contribution is -0.384. The number of carboxylic acid groups (broad SMARTS) is 1. The van der Waals surface area contributed by atoms with Crippen LogP contribution in [0, 0.1) is 10.1 Å². The van der Waals surface area contributed by atoms with Crippen molar-refractivity contribution in [1.82, 2.24) is 4.57 Å². The van der Waals surface area contributed by atoms with Gasteiger partial charge in [0.2, 0.25) is 0 Å². The molecule has 0 atom stereocenters. The Morgan fingerprint density at radius 3 is 2.53 bits per heavy atom. The normalized spacial score (nSPS) is 10.4. The number of non-ortho nitro benzene ring substituents is 1. The number of benzene rings is 1. The lowest BCUT2D eigenvalue weighted by atomic mass is 10.1. The summed E-state index contributed by atoms with van der Waals surface area (Å²) in [5, 5.41) is 19.8. The first kappa shape index (κ1) is 13.1. The molecule has 0 fully saturated rings. The molecule has 7 heteroatoms. The summed E-state index contributed by atoms with van der Waals surface area (Å²) in [4.78, 5) is 21.0. The van der Waals surface area contributed by atoms with Crippen molar-refractivity contribution in [3.63, 3.8) is 0 Å². The van der Waals surface area contributed by atoms with Crippen molar-refractivity contribution in [2.45, 2.75) is 0 Å². The van der Waals surface area contributed by atoms with Crippen LogP contribution in [-0.2, 0) is 7.05 Å². The second-order valence-corrected chi connectivity index (χ2v) is 4.30. The van der Waals surface area contributed by atoms with Crippen molar-refractivity contribution in [3.05, 3.63) is 51.2 Å². The van der Waals surface area contributed by atoms with E-state index in [1.54, 1.807) is 13.1 Å². The highest BCUT2D eigenvalue weighted by Crippen LogP contribution is 2.31. The fourth-order valence-corrected chi connectivity index (χ4v) is 2.09. The number of carboxylic acids is 1. The molecule has 0 saturated carbocycles. The summed E-state index contributed by atoms with van der Waals surface area (Å²) >= 11 is 6.00. The van der Waals surface area contributed by atoms with Crippen molar-refractivity contribution in [2.75, 3.05) is 0 Å². The van der Waals surface area contributed by atoms with Gasteiger partial charge in [0.25, 0.3) is 5.69 Å². The number of hydrogen-bond donors (Lipinski definition) is 1. The first-order valence-electron chi connectivity index (χ1n) is 5.25. The van der Waals surface area contributed by atoms with Crippen molar-refractivity contribution < 1.29 is 14.8 Å². The van der Waals surface area contributed by atoms with E-state index >= 15 is 0 Å². The molecule has 2 rings (SSSR count). The van der Waals surface area contributed by atoms with Gasteiger partial charge in [-0.2, -0.15) is 0 Å². The number of nitrogens with zero attached hydrogens (tertiary/aromatic N) is 2. The zero-order chi connectivity index (χ0) is 14.2. The number of hydrogen-bond acceptors (Lipinski definition) is 3. The molecule has 0 unspecified atom stereocenters. The molecule has 6 nitrogen and oxygen atoms in total. The summed E-state index contributed by atoms with van der Waals surface area (Å²) in [6.45, 7) is 0. The Morgan fingerprint density at radius 2 is 2.05 bits per heavy atom. The Hall–Kier alpha value is -2.34. The first-order chi connectivity index (χ1) is 8.91. The van der Waals surface area contributed by atoms with Crippen molar-refractivity contribution in [3.8, 4) is 11.3 Å². The number of aromatic carboxylic acids is 1. The first-order valence-corrected chi connectivity index (χ1v) is 5.63. The second kappa shape index (κ2) is 4.74. The summed E-state index contributed by atoms with van der Waals surface area (Å²) in [6, 6.07) is 7.13. The largest absolute Gasteiger partial charge is 0.477 e. The van der Waals surface area contributed by atoms with E-state index in [-0.39, 0.29) is 16.4 Å². The molecule has 0 aliphatic carbocycles. The van der Waals surface area contributed by atoms with Crippen LogP contribution in [0.25, 0.3) is 11.3 Å². The summed E-state index contributed by atoms with van der Waals surface area (Å²) in [7, 11) is 1.59. The Labute approximate surface area is 113 Å². The molecule has 0 aliphatic heterocycles. The zero-order valence-electron chi connectivity index (χ0n) is 9.83. The highest BCUT2D eigenvalue weighted by Gasteiger charge is 2.16. The minimum atomic E-state index is -1.05. The van der Waals surface area contributed by atoms with Crippen LogP contribution in [0.1, 0.15) is 10.5 Å². The molecule has 98 valence electrons. The van der Waals surface area contributed by atoms with Gasteiger partial charge in [-0.3, -0.25) is 10.1 Å². The van der Waals surface area contributed by atoms with Gasteiger partial charge in [-0.1, -0.05) is 11.6 Å². The van der Waals surface area contributed by atoms with Gasteiger partial charge in [-0.25, -0.2) is 4.79 Å². The maximum Gasteiger partial charge on any atom is 0.352 e. The third-order valence-electron chi connectivity index (χ3n) is 2.78. The fraction of sp³-hybridized carbons (Fsp3) is 0.0833. The maximum atomic E-state index is 11.0.